The standard InChI is InChI=1S/C20H25NO5/c1-12-5-17-16(10-24-18(17)6-13(12)2)7-20(23)25-11-19(22)21-8-14(3)26-15(4)9-21/h5-6,10,14-15H,7-9,11H2,1-4H3/t14-,15-/m1/s1. The summed E-state index contributed by atoms with van der Waals surface area (Å²) in [6.45, 7) is 8.69. The van der Waals surface area contributed by atoms with Crippen LogP contribution in [0.15, 0.2) is 22.8 Å². The smallest absolute Gasteiger partial charge is 0.310 e. The molecule has 2 heterocycles. The number of morpholine rings is 1. The Kier molecular flexibility index (Phi) is 5.32. The van der Waals surface area contributed by atoms with E-state index in [2.05, 4.69) is 0 Å². The van der Waals surface area contributed by atoms with Gasteiger partial charge in [-0.3, -0.25) is 9.59 Å². The van der Waals surface area contributed by atoms with E-state index in [9.17, 15) is 9.59 Å². The van der Waals surface area contributed by atoms with E-state index in [0.717, 1.165) is 27.7 Å². The number of ether oxygens (including phenoxy) is 2. The number of esters is 1. The highest BCUT2D eigenvalue weighted by Gasteiger charge is 2.26. The Bertz CT molecular complexity index is 815. The van der Waals surface area contributed by atoms with Crippen LogP contribution < -0.4 is 0 Å². The first-order valence-electron chi connectivity index (χ1n) is 8.89. The molecule has 0 saturated carbocycles. The van der Waals surface area contributed by atoms with E-state index in [-0.39, 0.29) is 31.1 Å². The third-order valence-corrected chi connectivity index (χ3v) is 4.73. The Hall–Kier alpha value is -2.34. The van der Waals surface area contributed by atoms with Crippen LogP contribution in [-0.2, 0) is 25.5 Å². The third-order valence-electron chi connectivity index (χ3n) is 4.73. The second-order valence-corrected chi connectivity index (χ2v) is 7.09. The molecule has 0 unspecified atom stereocenters. The van der Waals surface area contributed by atoms with Crippen LogP contribution in [-0.4, -0.2) is 48.7 Å². The summed E-state index contributed by atoms with van der Waals surface area (Å²) in [5.41, 5.74) is 3.80. The van der Waals surface area contributed by atoms with Gasteiger partial charge in [0.15, 0.2) is 6.61 Å². The summed E-state index contributed by atoms with van der Waals surface area (Å²) in [6.07, 6.45) is 1.64. The molecule has 1 aliphatic rings. The lowest BCUT2D eigenvalue weighted by Crippen LogP contribution is -2.49. The fourth-order valence-electron chi connectivity index (χ4n) is 3.29. The lowest BCUT2D eigenvalue weighted by atomic mass is 10.0. The second-order valence-electron chi connectivity index (χ2n) is 7.09. The first kappa shape index (κ1) is 18.5. The highest BCUT2D eigenvalue weighted by molar-refractivity contribution is 5.87. The summed E-state index contributed by atoms with van der Waals surface area (Å²) in [5, 5.41) is 0.909. The van der Waals surface area contributed by atoms with Crippen LogP contribution in [0.4, 0.5) is 0 Å². The normalized spacial score (nSPS) is 20.4. The highest BCUT2D eigenvalue weighted by Crippen LogP contribution is 2.25. The number of aryl methyl sites for hydroxylation is 2. The lowest BCUT2D eigenvalue weighted by Gasteiger charge is -2.35. The minimum absolute atomic E-state index is 0.0117. The molecule has 1 amide bonds. The van der Waals surface area contributed by atoms with Crippen molar-refractivity contribution in [3.63, 3.8) is 0 Å². The average Bonchev–Trinajstić information content (AvgIpc) is 2.94. The predicted octanol–water partition coefficient (Wildman–Crippen LogP) is 2.77. The quantitative estimate of drug-likeness (QED) is 0.785. The largest absolute Gasteiger partial charge is 0.464 e. The molecule has 0 spiro atoms. The van der Waals surface area contributed by atoms with Crippen LogP contribution in [0.2, 0.25) is 0 Å². The SMILES string of the molecule is Cc1cc2occ(CC(=O)OCC(=O)N3C[C@@H](C)O[C@H](C)C3)c2cc1C. The number of hydrogen-bond donors (Lipinski definition) is 0. The minimum Gasteiger partial charge on any atom is -0.464 e. The molecule has 1 saturated heterocycles. The topological polar surface area (TPSA) is 69.0 Å². The van der Waals surface area contributed by atoms with E-state index in [1.165, 1.54) is 0 Å². The van der Waals surface area contributed by atoms with E-state index in [1.807, 2.05) is 39.8 Å². The maximum absolute atomic E-state index is 12.3. The summed E-state index contributed by atoms with van der Waals surface area (Å²) < 4.78 is 16.3. The van der Waals surface area contributed by atoms with Gasteiger partial charge in [-0.05, 0) is 51.0 Å². The molecule has 1 fully saturated rings. The van der Waals surface area contributed by atoms with Crippen molar-refractivity contribution in [1.29, 1.82) is 0 Å². The van der Waals surface area contributed by atoms with Gasteiger partial charge in [-0.15, -0.1) is 0 Å². The molecule has 6 heteroatoms. The van der Waals surface area contributed by atoms with Crippen LogP contribution in [0.3, 0.4) is 0 Å². The fourth-order valence-corrected chi connectivity index (χ4v) is 3.29. The molecular weight excluding hydrogens is 334 g/mol. The average molecular weight is 359 g/mol. The number of nitrogens with zero attached hydrogens (tertiary/aromatic N) is 1. The van der Waals surface area contributed by atoms with Crippen molar-refractivity contribution in [2.24, 2.45) is 0 Å². The molecule has 1 aromatic carbocycles. The Labute approximate surface area is 153 Å². The van der Waals surface area contributed by atoms with Gasteiger partial charge in [0.1, 0.15) is 5.58 Å². The van der Waals surface area contributed by atoms with Crippen LogP contribution in [0.5, 0.6) is 0 Å². The number of carbonyl (C=O) groups excluding carboxylic acids is 2. The van der Waals surface area contributed by atoms with Crippen molar-refractivity contribution < 1.29 is 23.5 Å². The van der Waals surface area contributed by atoms with Crippen molar-refractivity contribution in [3.8, 4) is 0 Å². The van der Waals surface area contributed by atoms with Crippen molar-refractivity contribution in [2.75, 3.05) is 19.7 Å². The van der Waals surface area contributed by atoms with Gasteiger partial charge in [0.25, 0.3) is 5.91 Å². The van der Waals surface area contributed by atoms with Gasteiger partial charge in [0, 0.05) is 24.0 Å². The van der Waals surface area contributed by atoms with E-state index >= 15 is 0 Å². The fraction of sp³-hybridized carbons (Fsp3) is 0.500. The molecule has 140 valence electrons. The number of benzene rings is 1. The zero-order valence-electron chi connectivity index (χ0n) is 15.7. The van der Waals surface area contributed by atoms with E-state index in [1.54, 1.807) is 11.2 Å². The Balaban J connectivity index is 1.58. The van der Waals surface area contributed by atoms with Gasteiger partial charge in [-0.1, -0.05) is 0 Å². The molecule has 0 radical (unpaired) electrons. The summed E-state index contributed by atoms with van der Waals surface area (Å²) in [5.74, 6) is -0.627. The zero-order valence-corrected chi connectivity index (χ0v) is 15.7. The van der Waals surface area contributed by atoms with Gasteiger partial charge in [0.2, 0.25) is 0 Å². The molecule has 3 rings (SSSR count). The number of rotatable bonds is 4. The lowest BCUT2D eigenvalue weighted by molar-refractivity contribution is -0.156. The molecule has 0 N–H and O–H groups in total. The second kappa shape index (κ2) is 7.50. The molecule has 1 aromatic heterocycles. The first-order chi connectivity index (χ1) is 12.3. The maximum atomic E-state index is 12.3. The van der Waals surface area contributed by atoms with E-state index in [4.69, 9.17) is 13.9 Å². The van der Waals surface area contributed by atoms with Crippen molar-refractivity contribution in [2.45, 2.75) is 46.3 Å². The van der Waals surface area contributed by atoms with Crippen LogP contribution in [0.1, 0.15) is 30.5 Å². The Morgan fingerprint density at radius 2 is 1.81 bits per heavy atom. The molecule has 2 aromatic rings. The molecule has 0 aliphatic carbocycles. The number of furan rings is 1. The molecule has 0 bridgehead atoms. The Morgan fingerprint density at radius 3 is 2.50 bits per heavy atom. The summed E-state index contributed by atoms with van der Waals surface area (Å²) in [6, 6.07) is 3.97. The maximum Gasteiger partial charge on any atom is 0.310 e. The third kappa shape index (κ3) is 4.07. The van der Waals surface area contributed by atoms with Crippen LogP contribution in [0, 0.1) is 13.8 Å². The number of carbonyl (C=O) groups is 2. The van der Waals surface area contributed by atoms with Gasteiger partial charge < -0.3 is 18.8 Å². The van der Waals surface area contributed by atoms with Gasteiger partial charge in [-0.25, -0.2) is 0 Å². The van der Waals surface area contributed by atoms with Crippen molar-refractivity contribution in [1.82, 2.24) is 4.90 Å². The molecule has 2 atom stereocenters. The van der Waals surface area contributed by atoms with Crippen molar-refractivity contribution >= 4 is 22.8 Å². The van der Waals surface area contributed by atoms with E-state index in [0.29, 0.717) is 13.1 Å². The van der Waals surface area contributed by atoms with Gasteiger partial charge >= 0.3 is 5.97 Å². The van der Waals surface area contributed by atoms with E-state index < -0.39 is 5.97 Å². The van der Waals surface area contributed by atoms with Gasteiger partial charge in [-0.2, -0.15) is 0 Å². The summed E-state index contributed by atoms with van der Waals surface area (Å²) in [7, 11) is 0. The summed E-state index contributed by atoms with van der Waals surface area (Å²) >= 11 is 0. The monoisotopic (exact) mass is 359 g/mol. The summed E-state index contributed by atoms with van der Waals surface area (Å²) in [4.78, 5) is 26.1. The van der Waals surface area contributed by atoms with Crippen LogP contribution in [0.25, 0.3) is 11.0 Å². The Morgan fingerprint density at radius 1 is 1.15 bits per heavy atom. The molecule has 26 heavy (non-hydrogen) atoms. The van der Waals surface area contributed by atoms with Crippen molar-refractivity contribution in [3.05, 3.63) is 35.1 Å². The van der Waals surface area contributed by atoms with Gasteiger partial charge in [0.05, 0.1) is 24.9 Å². The predicted molar refractivity (Wildman–Crippen MR) is 96.9 cm³/mol. The molecule has 1 aliphatic heterocycles. The molecule has 6 nitrogen and oxygen atoms in total. The minimum atomic E-state index is -0.436. The number of fused-ring (bicyclic) bond motifs is 1. The van der Waals surface area contributed by atoms with Crippen LogP contribution >= 0.6 is 0 Å². The zero-order chi connectivity index (χ0) is 18.8. The molecular formula is C20H25NO5. The number of amides is 1. The number of hydrogen-bond acceptors (Lipinski definition) is 5. The highest BCUT2D eigenvalue weighted by atomic mass is 16.5. The first-order valence-corrected chi connectivity index (χ1v) is 8.89.